The molecule has 10 heteroatoms. The number of ether oxygens (including phenoxy) is 1. The molecule has 0 heterocycles. The molecule has 1 aromatic rings. The van der Waals surface area contributed by atoms with Gasteiger partial charge < -0.3 is 10.5 Å². The summed E-state index contributed by atoms with van der Waals surface area (Å²) in [6, 6.07) is 3.23. The lowest BCUT2D eigenvalue weighted by molar-refractivity contribution is -0.385. The molecule has 0 saturated heterocycles. The molecule has 0 radical (unpaired) electrons. The van der Waals surface area contributed by atoms with Crippen LogP contribution in [0, 0.1) is 16.0 Å². The van der Waals surface area contributed by atoms with E-state index in [0.29, 0.717) is 6.54 Å². The van der Waals surface area contributed by atoms with E-state index in [1.54, 1.807) is 0 Å². The summed E-state index contributed by atoms with van der Waals surface area (Å²) in [7, 11) is -2.56. The average Bonchev–Trinajstić information content (AvgIpc) is 2.54. The van der Waals surface area contributed by atoms with Gasteiger partial charge in [-0.1, -0.05) is 12.8 Å². The van der Waals surface area contributed by atoms with Gasteiger partial charge in [-0.05, 0) is 31.4 Å². The van der Waals surface area contributed by atoms with Crippen LogP contribution in [0.3, 0.4) is 0 Å². The van der Waals surface area contributed by atoms with Crippen molar-refractivity contribution in [1.29, 1.82) is 0 Å². The number of non-ortho nitro benzene ring substituents is 1. The zero-order valence-electron chi connectivity index (χ0n) is 13.3. The third-order valence-corrected chi connectivity index (χ3v) is 5.70. The van der Waals surface area contributed by atoms with Gasteiger partial charge in [-0.15, -0.1) is 12.4 Å². The van der Waals surface area contributed by atoms with Crippen LogP contribution in [0.5, 0.6) is 5.75 Å². The van der Waals surface area contributed by atoms with Crippen molar-refractivity contribution in [3.05, 3.63) is 28.3 Å². The smallest absolute Gasteiger partial charge is 0.273 e. The van der Waals surface area contributed by atoms with E-state index in [0.717, 1.165) is 37.8 Å². The van der Waals surface area contributed by atoms with Crippen LogP contribution in [-0.4, -0.2) is 33.0 Å². The summed E-state index contributed by atoms with van der Waals surface area (Å²) in [6.07, 6.45) is 3.61. The van der Waals surface area contributed by atoms with Crippen molar-refractivity contribution in [3.63, 3.8) is 0 Å². The summed E-state index contributed by atoms with van der Waals surface area (Å²) in [6.45, 7) is 0.421. The summed E-state index contributed by atoms with van der Waals surface area (Å²) in [5.41, 5.74) is 5.50. The number of nitrogens with zero attached hydrogens (tertiary/aromatic N) is 1. The number of hydrogen-bond donors (Lipinski definition) is 2. The van der Waals surface area contributed by atoms with Gasteiger partial charge in [-0.3, -0.25) is 10.1 Å². The first-order chi connectivity index (χ1) is 10.9. The van der Waals surface area contributed by atoms with E-state index < -0.39 is 14.9 Å². The van der Waals surface area contributed by atoms with Crippen molar-refractivity contribution in [2.45, 2.75) is 36.6 Å². The monoisotopic (exact) mass is 379 g/mol. The topological polar surface area (TPSA) is 125 Å². The van der Waals surface area contributed by atoms with Crippen LogP contribution in [0.1, 0.15) is 25.7 Å². The van der Waals surface area contributed by atoms with Crippen LogP contribution in [0.25, 0.3) is 0 Å². The molecule has 1 aliphatic carbocycles. The van der Waals surface area contributed by atoms with E-state index in [2.05, 4.69) is 4.72 Å². The van der Waals surface area contributed by atoms with Gasteiger partial charge >= 0.3 is 0 Å². The van der Waals surface area contributed by atoms with Gasteiger partial charge in [0.15, 0.2) is 0 Å². The second-order valence-corrected chi connectivity index (χ2v) is 7.28. The number of methoxy groups -OCH3 is 1. The number of nitrogens with two attached hydrogens (primary N) is 1. The fraction of sp³-hybridized carbons (Fsp3) is 0.571. The summed E-state index contributed by atoms with van der Waals surface area (Å²) in [4.78, 5) is 10.1. The Morgan fingerprint density at radius 3 is 2.62 bits per heavy atom. The third-order valence-electron chi connectivity index (χ3n) is 4.17. The fourth-order valence-corrected chi connectivity index (χ4v) is 4.39. The molecule has 3 N–H and O–H groups in total. The van der Waals surface area contributed by atoms with Crippen LogP contribution in [0.2, 0.25) is 0 Å². The molecular formula is C14H22ClN3O5S. The number of hydrogen-bond acceptors (Lipinski definition) is 6. The van der Waals surface area contributed by atoms with Crippen molar-refractivity contribution in [2.24, 2.45) is 11.7 Å². The van der Waals surface area contributed by atoms with Crippen molar-refractivity contribution in [2.75, 3.05) is 13.7 Å². The van der Waals surface area contributed by atoms with Crippen molar-refractivity contribution in [1.82, 2.24) is 4.72 Å². The Hall–Kier alpha value is -1.42. The SMILES string of the molecule is COc1cc([N+](=O)[O-])ccc1S(=O)(=O)NC1CCCCC1CN.Cl. The van der Waals surface area contributed by atoms with E-state index in [-0.39, 0.29) is 40.7 Å². The lowest BCUT2D eigenvalue weighted by Gasteiger charge is -2.31. The first kappa shape index (κ1) is 20.6. The average molecular weight is 380 g/mol. The number of benzene rings is 1. The Balaban J connectivity index is 0.00000288. The highest BCUT2D eigenvalue weighted by molar-refractivity contribution is 7.89. The second-order valence-electron chi connectivity index (χ2n) is 5.60. The Morgan fingerprint density at radius 1 is 1.38 bits per heavy atom. The van der Waals surface area contributed by atoms with Gasteiger partial charge in [0.1, 0.15) is 10.6 Å². The van der Waals surface area contributed by atoms with Gasteiger partial charge in [0.05, 0.1) is 18.1 Å². The first-order valence-electron chi connectivity index (χ1n) is 7.44. The zero-order valence-corrected chi connectivity index (χ0v) is 14.9. The molecule has 0 aliphatic heterocycles. The Bertz CT molecular complexity index is 683. The summed E-state index contributed by atoms with van der Waals surface area (Å²) in [5, 5.41) is 10.8. The molecule has 2 unspecified atom stereocenters. The largest absolute Gasteiger partial charge is 0.495 e. The Morgan fingerprint density at radius 2 is 2.04 bits per heavy atom. The highest BCUT2D eigenvalue weighted by Gasteiger charge is 2.30. The number of nitrogens with one attached hydrogen (secondary N) is 1. The molecule has 8 nitrogen and oxygen atoms in total. The van der Waals surface area contributed by atoms with Gasteiger partial charge in [0.2, 0.25) is 10.0 Å². The number of sulfonamides is 1. The highest BCUT2D eigenvalue weighted by Crippen LogP contribution is 2.30. The molecular weight excluding hydrogens is 358 g/mol. The standard InChI is InChI=1S/C14H21N3O5S.ClH/c1-22-13-8-11(17(18)19)6-7-14(13)23(20,21)16-12-5-3-2-4-10(12)9-15;/h6-8,10,12,16H,2-5,9,15H2,1H3;1H. The number of halogens is 1. The predicted molar refractivity (Wildman–Crippen MR) is 92.0 cm³/mol. The minimum Gasteiger partial charge on any atom is -0.495 e. The quantitative estimate of drug-likeness (QED) is 0.573. The zero-order chi connectivity index (χ0) is 17.0. The maximum atomic E-state index is 12.6. The molecule has 0 aromatic heterocycles. The third kappa shape index (κ3) is 4.56. The predicted octanol–water partition coefficient (Wildman–Crippen LogP) is 1.82. The van der Waals surface area contributed by atoms with Gasteiger partial charge in [0, 0.05) is 12.1 Å². The van der Waals surface area contributed by atoms with Crippen molar-refractivity contribution in [3.8, 4) is 5.75 Å². The molecule has 1 aromatic carbocycles. The Kier molecular flexibility index (Phi) is 7.40. The summed E-state index contributed by atoms with van der Waals surface area (Å²) in [5.74, 6) is 0.0503. The molecule has 2 atom stereocenters. The van der Waals surface area contributed by atoms with E-state index in [4.69, 9.17) is 10.5 Å². The number of nitro groups is 1. The molecule has 0 bridgehead atoms. The number of nitro benzene ring substituents is 1. The lowest BCUT2D eigenvalue weighted by Crippen LogP contribution is -2.44. The number of rotatable bonds is 6. The van der Waals surface area contributed by atoms with Gasteiger partial charge in [-0.25, -0.2) is 13.1 Å². The van der Waals surface area contributed by atoms with E-state index >= 15 is 0 Å². The van der Waals surface area contributed by atoms with E-state index in [1.165, 1.54) is 13.2 Å². The second kappa shape index (κ2) is 8.61. The first-order valence-corrected chi connectivity index (χ1v) is 8.92. The molecule has 0 spiro atoms. The summed E-state index contributed by atoms with van der Waals surface area (Å²) < 4.78 is 32.9. The molecule has 1 aliphatic rings. The highest BCUT2D eigenvalue weighted by atomic mass is 35.5. The van der Waals surface area contributed by atoms with Crippen molar-refractivity contribution < 1.29 is 18.1 Å². The molecule has 24 heavy (non-hydrogen) atoms. The molecule has 2 rings (SSSR count). The van der Waals surface area contributed by atoms with E-state index in [1.807, 2.05) is 0 Å². The molecule has 1 saturated carbocycles. The van der Waals surface area contributed by atoms with Gasteiger partial charge in [0.25, 0.3) is 5.69 Å². The molecule has 1 fully saturated rings. The maximum Gasteiger partial charge on any atom is 0.273 e. The van der Waals surface area contributed by atoms with Crippen LogP contribution >= 0.6 is 12.4 Å². The fourth-order valence-electron chi connectivity index (χ4n) is 2.90. The minimum atomic E-state index is -3.84. The van der Waals surface area contributed by atoms with Crippen molar-refractivity contribution >= 4 is 28.1 Å². The van der Waals surface area contributed by atoms with Crippen LogP contribution in [0.4, 0.5) is 5.69 Å². The normalized spacial score (nSPS) is 20.9. The van der Waals surface area contributed by atoms with Crippen LogP contribution < -0.4 is 15.2 Å². The van der Waals surface area contributed by atoms with Gasteiger partial charge in [-0.2, -0.15) is 0 Å². The van der Waals surface area contributed by atoms with Crippen LogP contribution in [0.15, 0.2) is 23.1 Å². The van der Waals surface area contributed by atoms with E-state index in [9.17, 15) is 18.5 Å². The molecule has 0 amide bonds. The maximum absolute atomic E-state index is 12.6. The summed E-state index contributed by atoms with van der Waals surface area (Å²) >= 11 is 0. The molecule has 136 valence electrons. The van der Waals surface area contributed by atoms with Crippen LogP contribution in [-0.2, 0) is 10.0 Å². The minimum absolute atomic E-state index is 0. The Labute approximate surface area is 147 Å². The lowest BCUT2D eigenvalue weighted by atomic mass is 9.85.